The molecule has 3 rings (SSSR count). The summed E-state index contributed by atoms with van der Waals surface area (Å²) in [6.45, 7) is 0. The van der Waals surface area contributed by atoms with Gasteiger partial charge in [-0.3, -0.25) is 4.79 Å². The first-order valence-corrected chi connectivity index (χ1v) is 8.45. The molecule has 0 saturated carbocycles. The van der Waals surface area contributed by atoms with Crippen molar-refractivity contribution in [1.29, 1.82) is 0 Å². The van der Waals surface area contributed by atoms with E-state index in [-0.39, 0.29) is 0 Å². The van der Waals surface area contributed by atoms with Crippen molar-refractivity contribution >= 4 is 27.5 Å². The highest BCUT2D eigenvalue weighted by molar-refractivity contribution is 9.10. The summed E-state index contributed by atoms with van der Waals surface area (Å²) in [7, 11) is 1.26. The van der Waals surface area contributed by atoms with Gasteiger partial charge in [0.05, 0.1) is 5.56 Å². The number of aryl methyl sites for hydroxylation is 1. The number of para-hydroxylation sites is 1. The van der Waals surface area contributed by atoms with E-state index in [1.165, 1.54) is 19.3 Å². The van der Waals surface area contributed by atoms with Gasteiger partial charge in [0, 0.05) is 29.0 Å². The molecule has 0 spiro atoms. The molecule has 0 radical (unpaired) electrons. The Morgan fingerprint density at radius 2 is 1.69 bits per heavy atom. The molecule has 0 saturated heterocycles. The second-order valence-electron chi connectivity index (χ2n) is 5.69. The molecule has 1 N–H and O–H groups in total. The SMILES string of the molecule is Cn1ccc(C(=O)Nc2ccccc2-c2ccc(Br)cc2)c1C(F)(F)F. The summed E-state index contributed by atoms with van der Waals surface area (Å²) in [5.41, 5.74) is 0.615. The minimum absolute atomic E-state index is 0.411. The molecule has 1 aromatic heterocycles. The Morgan fingerprint density at radius 3 is 2.35 bits per heavy atom. The summed E-state index contributed by atoms with van der Waals surface area (Å²) >= 11 is 3.36. The number of carbonyl (C=O) groups excluding carboxylic acids is 1. The molecule has 3 aromatic rings. The molecular weight excluding hydrogens is 409 g/mol. The van der Waals surface area contributed by atoms with Gasteiger partial charge in [0.15, 0.2) is 0 Å². The van der Waals surface area contributed by atoms with Gasteiger partial charge in [-0.25, -0.2) is 0 Å². The van der Waals surface area contributed by atoms with Crippen LogP contribution in [0.4, 0.5) is 18.9 Å². The second kappa shape index (κ2) is 6.99. The van der Waals surface area contributed by atoms with E-state index in [1.54, 1.807) is 24.3 Å². The van der Waals surface area contributed by atoms with E-state index < -0.39 is 23.3 Å². The van der Waals surface area contributed by atoms with Gasteiger partial charge in [0.2, 0.25) is 0 Å². The van der Waals surface area contributed by atoms with Gasteiger partial charge >= 0.3 is 6.18 Å². The number of carbonyl (C=O) groups is 1. The monoisotopic (exact) mass is 422 g/mol. The Bertz CT molecular complexity index is 946. The number of hydrogen-bond donors (Lipinski definition) is 1. The molecule has 0 aliphatic heterocycles. The molecule has 3 nitrogen and oxygen atoms in total. The number of amides is 1. The molecule has 0 atom stereocenters. The molecule has 0 bridgehead atoms. The number of hydrogen-bond acceptors (Lipinski definition) is 1. The molecule has 134 valence electrons. The first-order chi connectivity index (χ1) is 12.3. The second-order valence-corrected chi connectivity index (χ2v) is 6.61. The van der Waals surface area contributed by atoms with E-state index >= 15 is 0 Å². The van der Waals surface area contributed by atoms with Crippen molar-refractivity contribution in [2.45, 2.75) is 6.18 Å². The maximum Gasteiger partial charge on any atom is 0.432 e. The van der Waals surface area contributed by atoms with Gasteiger partial charge in [-0.15, -0.1) is 0 Å². The zero-order chi connectivity index (χ0) is 18.9. The van der Waals surface area contributed by atoms with Crippen LogP contribution in [0.1, 0.15) is 16.1 Å². The van der Waals surface area contributed by atoms with Gasteiger partial charge < -0.3 is 9.88 Å². The lowest BCUT2D eigenvalue weighted by Crippen LogP contribution is -2.20. The van der Waals surface area contributed by atoms with Gasteiger partial charge in [-0.2, -0.15) is 13.2 Å². The van der Waals surface area contributed by atoms with Gasteiger partial charge in [0.25, 0.3) is 5.91 Å². The van der Waals surface area contributed by atoms with Crippen molar-refractivity contribution in [2.24, 2.45) is 7.05 Å². The quantitative estimate of drug-likeness (QED) is 0.574. The van der Waals surface area contributed by atoms with Crippen LogP contribution in [0.5, 0.6) is 0 Å². The van der Waals surface area contributed by atoms with E-state index in [4.69, 9.17) is 0 Å². The van der Waals surface area contributed by atoms with E-state index in [9.17, 15) is 18.0 Å². The molecule has 7 heteroatoms. The number of anilines is 1. The summed E-state index contributed by atoms with van der Waals surface area (Å²) < 4.78 is 41.5. The van der Waals surface area contributed by atoms with Crippen molar-refractivity contribution in [3.8, 4) is 11.1 Å². The zero-order valence-corrected chi connectivity index (χ0v) is 15.2. The lowest BCUT2D eigenvalue weighted by molar-refractivity contribution is -0.143. The predicted molar refractivity (Wildman–Crippen MR) is 97.9 cm³/mol. The van der Waals surface area contributed by atoms with Crippen LogP contribution < -0.4 is 5.32 Å². The van der Waals surface area contributed by atoms with Crippen molar-refractivity contribution < 1.29 is 18.0 Å². The molecule has 1 amide bonds. The van der Waals surface area contributed by atoms with E-state index in [0.29, 0.717) is 5.69 Å². The average molecular weight is 423 g/mol. The summed E-state index contributed by atoms with van der Waals surface area (Å²) in [6, 6.07) is 15.6. The molecular formula is C19H14BrF3N2O. The molecule has 0 aliphatic rings. The van der Waals surface area contributed by atoms with Crippen molar-refractivity contribution in [3.63, 3.8) is 0 Å². The third-order valence-electron chi connectivity index (χ3n) is 3.92. The number of rotatable bonds is 3. The number of nitrogens with one attached hydrogen (secondary N) is 1. The first kappa shape index (κ1) is 18.3. The molecule has 1 heterocycles. The lowest BCUT2D eigenvalue weighted by atomic mass is 10.0. The fraction of sp³-hybridized carbons (Fsp3) is 0.105. The van der Waals surface area contributed by atoms with Crippen LogP contribution in [0, 0.1) is 0 Å². The zero-order valence-electron chi connectivity index (χ0n) is 13.6. The maximum absolute atomic E-state index is 13.2. The maximum atomic E-state index is 13.2. The molecule has 0 unspecified atom stereocenters. The van der Waals surface area contributed by atoms with Gasteiger partial charge in [-0.1, -0.05) is 46.3 Å². The summed E-state index contributed by atoms with van der Waals surface area (Å²) in [6.07, 6.45) is -3.39. The van der Waals surface area contributed by atoms with Crippen LogP contribution in [0.15, 0.2) is 65.3 Å². The van der Waals surface area contributed by atoms with Crippen LogP contribution in [0.3, 0.4) is 0 Å². The number of alkyl halides is 3. The average Bonchev–Trinajstić information content (AvgIpc) is 2.98. The topological polar surface area (TPSA) is 34.0 Å². The van der Waals surface area contributed by atoms with Crippen LogP contribution in [-0.4, -0.2) is 10.5 Å². The Kier molecular flexibility index (Phi) is 4.91. The summed E-state index contributed by atoms with van der Waals surface area (Å²) in [5, 5.41) is 2.60. The third-order valence-corrected chi connectivity index (χ3v) is 4.44. The fourth-order valence-electron chi connectivity index (χ4n) is 2.73. The highest BCUT2D eigenvalue weighted by Crippen LogP contribution is 2.34. The molecule has 26 heavy (non-hydrogen) atoms. The van der Waals surface area contributed by atoms with Crippen molar-refractivity contribution in [3.05, 3.63) is 76.5 Å². The van der Waals surface area contributed by atoms with Gasteiger partial charge in [0.1, 0.15) is 5.69 Å². The van der Waals surface area contributed by atoms with E-state index in [2.05, 4.69) is 21.2 Å². The van der Waals surface area contributed by atoms with Crippen molar-refractivity contribution in [1.82, 2.24) is 4.57 Å². The standard InChI is InChI=1S/C19H14BrF3N2O/c1-25-11-10-15(17(25)19(21,22)23)18(26)24-16-5-3-2-4-14(16)12-6-8-13(20)9-7-12/h2-11H,1H3,(H,24,26). The number of benzene rings is 2. The first-order valence-electron chi connectivity index (χ1n) is 7.66. The smallest absolute Gasteiger partial charge is 0.346 e. The Labute approximate surface area is 156 Å². The predicted octanol–water partition coefficient (Wildman–Crippen LogP) is 5.73. The highest BCUT2D eigenvalue weighted by Gasteiger charge is 2.38. The largest absolute Gasteiger partial charge is 0.432 e. The summed E-state index contributed by atoms with van der Waals surface area (Å²) in [4.78, 5) is 12.5. The van der Waals surface area contributed by atoms with Crippen molar-refractivity contribution in [2.75, 3.05) is 5.32 Å². The normalized spacial score (nSPS) is 11.4. The van der Waals surface area contributed by atoms with Gasteiger partial charge in [-0.05, 0) is 29.8 Å². The molecule has 0 fully saturated rings. The van der Waals surface area contributed by atoms with E-state index in [0.717, 1.165) is 20.2 Å². The molecule has 2 aromatic carbocycles. The van der Waals surface area contributed by atoms with Crippen LogP contribution in [-0.2, 0) is 13.2 Å². The number of nitrogens with zero attached hydrogens (tertiary/aromatic N) is 1. The lowest BCUT2D eigenvalue weighted by Gasteiger charge is -2.14. The summed E-state index contributed by atoms with van der Waals surface area (Å²) in [5.74, 6) is -0.803. The Hall–Kier alpha value is -2.54. The minimum Gasteiger partial charge on any atom is -0.346 e. The van der Waals surface area contributed by atoms with Crippen LogP contribution in [0.25, 0.3) is 11.1 Å². The molecule has 0 aliphatic carbocycles. The van der Waals surface area contributed by atoms with E-state index in [1.807, 2.05) is 24.3 Å². The van der Waals surface area contributed by atoms with Crippen LogP contribution >= 0.6 is 15.9 Å². The Morgan fingerprint density at radius 1 is 1.04 bits per heavy atom. The highest BCUT2D eigenvalue weighted by atomic mass is 79.9. The number of aromatic nitrogens is 1. The Balaban J connectivity index is 1.96. The third kappa shape index (κ3) is 3.67. The number of halogens is 4. The van der Waals surface area contributed by atoms with Crippen LogP contribution in [0.2, 0.25) is 0 Å². The minimum atomic E-state index is -4.61. The fourth-order valence-corrected chi connectivity index (χ4v) is 2.99.